The zero-order valence-corrected chi connectivity index (χ0v) is 15.5. The van der Waals surface area contributed by atoms with Crippen LogP contribution in [0.4, 0.5) is 5.82 Å². The van der Waals surface area contributed by atoms with Gasteiger partial charge in [0, 0.05) is 19.3 Å². The van der Waals surface area contributed by atoms with Gasteiger partial charge >= 0.3 is 0 Å². The molecule has 0 amide bonds. The first-order chi connectivity index (χ1) is 11.2. The second kappa shape index (κ2) is 11.5. The summed E-state index contributed by atoms with van der Waals surface area (Å²) in [6, 6.07) is 2.39. The third-order valence-corrected chi connectivity index (χ3v) is 4.55. The normalized spacial score (nSPS) is 20.9. The number of hydrogen-bond donors (Lipinski definition) is 1. The van der Waals surface area contributed by atoms with Gasteiger partial charge in [0.15, 0.2) is 14.9 Å². The Labute approximate surface area is 142 Å². The SMILES string of the molecule is C=Cc1nccc(N(C)C2CCC(OPO)CC2)n1.CCCC. The van der Waals surface area contributed by atoms with Crippen molar-refractivity contribution in [3.63, 3.8) is 0 Å². The van der Waals surface area contributed by atoms with Crippen LogP contribution in [-0.2, 0) is 4.52 Å². The predicted octanol–water partition coefficient (Wildman–Crippen LogP) is 4.19. The van der Waals surface area contributed by atoms with Crippen molar-refractivity contribution in [1.29, 1.82) is 0 Å². The zero-order chi connectivity index (χ0) is 17.1. The van der Waals surface area contributed by atoms with Crippen LogP contribution in [0.25, 0.3) is 6.08 Å². The van der Waals surface area contributed by atoms with Crippen molar-refractivity contribution >= 4 is 20.9 Å². The molecule has 5 nitrogen and oxygen atoms in total. The number of anilines is 1. The minimum absolute atomic E-state index is 0.210. The van der Waals surface area contributed by atoms with Crippen LogP contribution in [-0.4, -0.2) is 34.1 Å². The molecule has 1 aliphatic rings. The van der Waals surface area contributed by atoms with E-state index in [1.54, 1.807) is 12.3 Å². The Morgan fingerprint density at radius 2 is 2.00 bits per heavy atom. The van der Waals surface area contributed by atoms with E-state index in [9.17, 15) is 0 Å². The smallest absolute Gasteiger partial charge is 0.153 e. The van der Waals surface area contributed by atoms with Gasteiger partial charge in [0.25, 0.3) is 0 Å². The highest BCUT2D eigenvalue weighted by molar-refractivity contribution is 7.25. The summed E-state index contributed by atoms with van der Waals surface area (Å²) in [7, 11) is 1.67. The molecule has 23 heavy (non-hydrogen) atoms. The van der Waals surface area contributed by atoms with Crippen molar-refractivity contribution < 1.29 is 9.42 Å². The predicted molar refractivity (Wildman–Crippen MR) is 98.8 cm³/mol. The first-order valence-corrected chi connectivity index (χ1v) is 9.24. The average Bonchev–Trinajstić information content (AvgIpc) is 2.62. The summed E-state index contributed by atoms with van der Waals surface area (Å²) in [5.41, 5.74) is 0. The molecule has 0 aliphatic heterocycles. The van der Waals surface area contributed by atoms with Gasteiger partial charge < -0.3 is 14.3 Å². The molecule has 130 valence electrons. The molecule has 6 heteroatoms. The lowest BCUT2D eigenvalue weighted by atomic mass is 9.92. The molecule has 1 N–H and O–H groups in total. The van der Waals surface area contributed by atoms with Crippen molar-refractivity contribution in [2.24, 2.45) is 0 Å². The summed E-state index contributed by atoms with van der Waals surface area (Å²) >= 11 is 0. The number of unbranched alkanes of at least 4 members (excludes halogenated alkanes) is 1. The van der Waals surface area contributed by atoms with Gasteiger partial charge in [-0.3, -0.25) is 0 Å². The zero-order valence-electron chi connectivity index (χ0n) is 14.5. The summed E-state index contributed by atoms with van der Waals surface area (Å²) in [5, 5.41) is 0. The third-order valence-electron chi connectivity index (χ3n) is 4.11. The van der Waals surface area contributed by atoms with Crippen molar-refractivity contribution in [3.05, 3.63) is 24.7 Å². The molecule has 1 aromatic heterocycles. The first-order valence-electron chi connectivity index (χ1n) is 8.39. The third kappa shape index (κ3) is 6.94. The van der Waals surface area contributed by atoms with Gasteiger partial charge in [0.2, 0.25) is 0 Å². The molecule has 0 bridgehead atoms. The van der Waals surface area contributed by atoms with E-state index in [1.807, 2.05) is 6.07 Å². The molecule has 0 radical (unpaired) electrons. The lowest BCUT2D eigenvalue weighted by Crippen LogP contribution is -2.37. The van der Waals surface area contributed by atoms with Gasteiger partial charge in [-0.15, -0.1) is 0 Å². The monoisotopic (exact) mass is 339 g/mol. The summed E-state index contributed by atoms with van der Waals surface area (Å²) < 4.78 is 5.28. The van der Waals surface area contributed by atoms with E-state index in [0.29, 0.717) is 11.9 Å². The maximum Gasteiger partial charge on any atom is 0.153 e. The van der Waals surface area contributed by atoms with Crippen molar-refractivity contribution in [2.45, 2.75) is 64.5 Å². The fourth-order valence-electron chi connectivity index (χ4n) is 2.47. The Morgan fingerprint density at radius 3 is 2.52 bits per heavy atom. The lowest BCUT2D eigenvalue weighted by Gasteiger charge is -2.34. The van der Waals surface area contributed by atoms with Crippen LogP contribution in [0.3, 0.4) is 0 Å². The van der Waals surface area contributed by atoms with E-state index in [4.69, 9.17) is 9.42 Å². The minimum Gasteiger partial charge on any atom is -0.357 e. The summed E-state index contributed by atoms with van der Waals surface area (Å²) in [6.45, 7) is 8.05. The molecule has 0 spiro atoms. The Morgan fingerprint density at radius 1 is 1.35 bits per heavy atom. The van der Waals surface area contributed by atoms with Crippen molar-refractivity contribution in [2.75, 3.05) is 11.9 Å². The molecule has 1 aromatic rings. The molecule has 1 saturated carbocycles. The van der Waals surface area contributed by atoms with Crippen LogP contribution in [0.5, 0.6) is 0 Å². The minimum atomic E-state index is -0.399. The standard InChI is InChI=1S/C13H20N3O2P.C4H10/c1-3-12-14-9-8-13(15-12)16(2)10-4-6-11(7-5-10)18-19-17;1-3-4-2/h3,8-11,17,19H,1,4-7H2,2H3;3-4H2,1-2H3. The molecule has 0 aromatic carbocycles. The maximum atomic E-state index is 8.80. The van der Waals surface area contributed by atoms with E-state index in [-0.39, 0.29) is 6.10 Å². The summed E-state index contributed by atoms with van der Waals surface area (Å²) in [5.74, 6) is 1.58. The van der Waals surface area contributed by atoms with E-state index < -0.39 is 9.03 Å². The van der Waals surface area contributed by atoms with E-state index >= 15 is 0 Å². The van der Waals surface area contributed by atoms with Gasteiger partial charge in [-0.1, -0.05) is 33.3 Å². The molecule has 1 aliphatic carbocycles. The Kier molecular flexibility index (Phi) is 10.0. The van der Waals surface area contributed by atoms with Crippen LogP contribution < -0.4 is 4.90 Å². The molecule has 1 heterocycles. The molecule has 2 rings (SSSR count). The van der Waals surface area contributed by atoms with Crippen LogP contribution in [0.1, 0.15) is 58.2 Å². The molecular weight excluding hydrogens is 309 g/mol. The summed E-state index contributed by atoms with van der Waals surface area (Å²) in [4.78, 5) is 19.6. The van der Waals surface area contributed by atoms with Gasteiger partial charge in [-0.25, -0.2) is 9.97 Å². The van der Waals surface area contributed by atoms with Crippen LogP contribution >= 0.6 is 9.03 Å². The van der Waals surface area contributed by atoms with Crippen LogP contribution in [0.15, 0.2) is 18.8 Å². The van der Waals surface area contributed by atoms with E-state index in [1.165, 1.54) is 12.8 Å². The highest BCUT2D eigenvalue weighted by atomic mass is 31.1. The van der Waals surface area contributed by atoms with Gasteiger partial charge in [0.05, 0.1) is 6.10 Å². The first kappa shape index (κ1) is 20.0. The molecule has 1 fully saturated rings. The maximum absolute atomic E-state index is 8.80. The molecule has 0 saturated heterocycles. The van der Waals surface area contributed by atoms with Crippen molar-refractivity contribution in [3.8, 4) is 0 Å². The molecule has 1 atom stereocenters. The highest BCUT2D eigenvalue weighted by Crippen LogP contribution is 2.29. The van der Waals surface area contributed by atoms with E-state index in [0.717, 1.165) is 31.5 Å². The highest BCUT2D eigenvalue weighted by Gasteiger charge is 2.25. The Hall–Kier alpha value is -1.03. The average molecular weight is 339 g/mol. The fourth-order valence-corrected chi connectivity index (χ4v) is 2.86. The second-order valence-corrected chi connectivity index (χ2v) is 6.15. The van der Waals surface area contributed by atoms with Gasteiger partial charge in [0.1, 0.15) is 5.82 Å². The summed E-state index contributed by atoms with van der Waals surface area (Å²) in [6.07, 6.45) is 10.4. The van der Waals surface area contributed by atoms with E-state index in [2.05, 4.69) is 42.3 Å². The quantitative estimate of drug-likeness (QED) is 0.788. The number of nitrogens with zero attached hydrogens (tertiary/aromatic N) is 3. The Balaban J connectivity index is 0.000000593. The number of hydrogen-bond acceptors (Lipinski definition) is 5. The largest absolute Gasteiger partial charge is 0.357 e. The fraction of sp³-hybridized carbons (Fsp3) is 0.647. The van der Waals surface area contributed by atoms with Gasteiger partial charge in [-0.05, 0) is 37.8 Å². The molecule has 1 unspecified atom stereocenters. The van der Waals surface area contributed by atoms with Crippen LogP contribution in [0.2, 0.25) is 0 Å². The second-order valence-electron chi connectivity index (χ2n) is 5.73. The molecular formula is C17H30N3O2P. The lowest BCUT2D eigenvalue weighted by molar-refractivity contribution is 0.155. The van der Waals surface area contributed by atoms with Gasteiger partial charge in [-0.2, -0.15) is 0 Å². The number of aromatic nitrogens is 2. The topological polar surface area (TPSA) is 58.5 Å². The van der Waals surface area contributed by atoms with Crippen molar-refractivity contribution in [1.82, 2.24) is 9.97 Å². The van der Waals surface area contributed by atoms with Crippen LogP contribution in [0, 0.1) is 0 Å². The Bertz CT molecular complexity index is 449. The number of rotatable bonds is 6.